The van der Waals surface area contributed by atoms with E-state index < -0.39 is 12.1 Å². The molecule has 0 spiro atoms. The van der Waals surface area contributed by atoms with E-state index in [0.717, 1.165) is 0 Å². The van der Waals surface area contributed by atoms with E-state index >= 15 is 0 Å². The highest BCUT2D eigenvalue weighted by molar-refractivity contribution is 6.00. The summed E-state index contributed by atoms with van der Waals surface area (Å²) in [7, 11) is 1.31. The van der Waals surface area contributed by atoms with Gasteiger partial charge in [-0.15, -0.1) is 0 Å². The van der Waals surface area contributed by atoms with Gasteiger partial charge in [0.05, 0.1) is 24.9 Å². The Morgan fingerprint density at radius 1 is 1.21 bits per heavy atom. The molecule has 3 rings (SSSR count). The van der Waals surface area contributed by atoms with E-state index in [1.165, 1.54) is 7.11 Å². The second-order valence-electron chi connectivity index (χ2n) is 6.28. The van der Waals surface area contributed by atoms with E-state index in [2.05, 4.69) is 15.0 Å². The number of hydrogen-bond acceptors (Lipinski definition) is 6. The summed E-state index contributed by atoms with van der Waals surface area (Å²) in [4.78, 5) is 41.9. The third kappa shape index (κ3) is 4.46. The van der Waals surface area contributed by atoms with Crippen LogP contribution in [0.3, 0.4) is 0 Å². The maximum atomic E-state index is 12.4. The first kappa shape index (κ1) is 19.3. The Morgan fingerprint density at radius 3 is 2.79 bits per heavy atom. The van der Waals surface area contributed by atoms with E-state index in [1.54, 1.807) is 42.2 Å². The van der Waals surface area contributed by atoms with Gasteiger partial charge in [0.25, 0.3) is 5.91 Å². The summed E-state index contributed by atoms with van der Waals surface area (Å²) in [6, 6.07) is 12.2. The molecule has 0 saturated carbocycles. The Bertz CT molecular complexity index is 899. The summed E-state index contributed by atoms with van der Waals surface area (Å²) >= 11 is 0. The van der Waals surface area contributed by atoms with Gasteiger partial charge in [0, 0.05) is 13.0 Å². The molecule has 1 aromatic carbocycles. The first-order valence-corrected chi connectivity index (χ1v) is 8.87. The molecule has 0 fully saturated rings. The van der Waals surface area contributed by atoms with Gasteiger partial charge in [-0.1, -0.05) is 18.2 Å². The van der Waals surface area contributed by atoms with Gasteiger partial charge < -0.3 is 19.7 Å². The zero-order valence-corrected chi connectivity index (χ0v) is 15.7. The average molecular weight is 383 g/mol. The van der Waals surface area contributed by atoms with E-state index in [9.17, 15) is 14.4 Å². The van der Waals surface area contributed by atoms with Crippen LogP contribution in [0, 0.1) is 0 Å². The molecular weight excluding hydrogens is 362 g/mol. The fraction of sp³-hybridized carbons (Fsp3) is 0.300. The molecule has 2 aromatic rings. The molecule has 146 valence electrons. The van der Waals surface area contributed by atoms with Crippen molar-refractivity contribution in [3.05, 3.63) is 48.2 Å². The van der Waals surface area contributed by atoms with Crippen molar-refractivity contribution in [3.63, 3.8) is 0 Å². The molecule has 2 amide bonds. The minimum absolute atomic E-state index is 0.0250. The molecule has 1 aromatic heterocycles. The van der Waals surface area contributed by atoms with Gasteiger partial charge in [-0.3, -0.25) is 14.4 Å². The van der Waals surface area contributed by atoms with E-state index in [1.807, 2.05) is 12.1 Å². The molecule has 1 atom stereocenters. The van der Waals surface area contributed by atoms with Crippen LogP contribution in [-0.2, 0) is 25.5 Å². The Morgan fingerprint density at radius 2 is 2.00 bits per heavy atom. The van der Waals surface area contributed by atoms with Gasteiger partial charge in [0.2, 0.25) is 5.91 Å². The Hall–Kier alpha value is -3.42. The number of carbonyl (C=O) groups is 3. The van der Waals surface area contributed by atoms with Crippen LogP contribution in [0.2, 0.25) is 0 Å². The summed E-state index contributed by atoms with van der Waals surface area (Å²) in [6.07, 6.45) is -0.484. The lowest BCUT2D eigenvalue weighted by atomic mass is 10.1. The quantitative estimate of drug-likeness (QED) is 0.766. The molecule has 28 heavy (non-hydrogen) atoms. The summed E-state index contributed by atoms with van der Waals surface area (Å²) in [5.41, 5.74) is 1.15. The Kier molecular flexibility index (Phi) is 5.88. The lowest BCUT2D eigenvalue weighted by molar-refractivity contribution is -0.139. The third-order valence-corrected chi connectivity index (χ3v) is 4.26. The van der Waals surface area contributed by atoms with Crippen molar-refractivity contribution < 1.29 is 23.9 Å². The minimum atomic E-state index is -0.602. The number of ether oxygens (including phenoxy) is 2. The number of nitrogens with zero attached hydrogens (tertiary/aromatic N) is 2. The van der Waals surface area contributed by atoms with Crippen LogP contribution in [0.25, 0.3) is 0 Å². The smallest absolute Gasteiger partial charge is 0.311 e. The number of nitrogens with one attached hydrogen (secondary N) is 1. The molecule has 0 saturated heterocycles. The van der Waals surface area contributed by atoms with Gasteiger partial charge in [-0.25, -0.2) is 4.98 Å². The van der Waals surface area contributed by atoms with Crippen molar-refractivity contribution in [2.75, 3.05) is 23.9 Å². The van der Waals surface area contributed by atoms with Crippen LogP contribution >= 0.6 is 0 Å². The number of amides is 2. The molecule has 1 unspecified atom stereocenters. The Balaban J connectivity index is 1.62. The maximum Gasteiger partial charge on any atom is 0.311 e. The van der Waals surface area contributed by atoms with Crippen LogP contribution in [0.5, 0.6) is 5.75 Å². The summed E-state index contributed by atoms with van der Waals surface area (Å²) in [6.45, 7) is 1.90. The number of esters is 1. The standard InChI is InChI=1S/C20H21N3O5/c1-13-20(26)23(15-7-3-4-8-16(15)28-13)11-10-18(24)22-17-9-5-6-14(21-17)12-19(25)27-2/h3-9,13H,10-12H2,1-2H3,(H,21,22,24). The van der Waals surface area contributed by atoms with Crippen molar-refractivity contribution >= 4 is 29.3 Å². The van der Waals surface area contributed by atoms with Crippen LogP contribution in [-0.4, -0.2) is 42.5 Å². The predicted molar refractivity (Wildman–Crippen MR) is 102 cm³/mol. The number of rotatable bonds is 6. The molecule has 1 aliphatic heterocycles. The van der Waals surface area contributed by atoms with Gasteiger partial charge >= 0.3 is 5.97 Å². The van der Waals surface area contributed by atoms with Crippen molar-refractivity contribution in [1.82, 2.24) is 4.98 Å². The first-order chi connectivity index (χ1) is 13.5. The van der Waals surface area contributed by atoms with Crippen LogP contribution in [0.1, 0.15) is 19.0 Å². The lowest BCUT2D eigenvalue weighted by Gasteiger charge is -2.32. The highest BCUT2D eigenvalue weighted by Crippen LogP contribution is 2.33. The lowest BCUT2D eigenvalue weighted by Crippen LogP contribution is -2.45. The first-order valence-electron chi connectivity index (χ1n) is 8.87. The van der Waals surface area contributed by atoms with Crippen molar-refractivity contribution in [2.45, 2.75) is 25.9 Å². The summed E-state index contributed by atoms with van der Waals surface area (Å²) < 4.78 is 10.2. The van der Waals surface area contributed by atoms with Crippen LogP contribution in [0.15, 0.2) is 42.5 Å². The van der Waals surface area contributed by atoms with E-state index in [0.29, 0.717) is 22.9 Å². The van der Waals surface area contributed by atoms with Crippen molar-refractivity contribution in [3.8, 4) is 5.75 Å². The molecule has 0 bridgehead atoms. The molecule has 2 heterocycles. The fourth-order valence-corrected chi connectivity index (χ4v) is 2.88. The van der Waals surface area contributed by atoms with Crippen molar-refractivity contribution in [1.29, 1.82) is 0 Å². The topological polar surface area (TPSA) is 97.8 Å². The predicted octanol–water partition coefficient (Wildman–Crippen LogP) is 1.94. The fourth-order valence-electron chi connectivity index (χ4n) is 2.88. The van der Waals surface area contributed by atoms with Crippen molar-refractivity contribution in [2.24, 2.45) is 0 Å². The van der Waals surface area contributed by atoms with E-state index in [-0.39, 0.29) is 31.2 Å². The zero-order chi connectivity index (χ0) is 20.1. The van der Waals surface area contributed by atoms with Gasteiger partial charge in [-0.2, -0.15) is 0 Å². The number of anilines is 2. The molecule has 0 radical (unpaired) electrons. The van der Waals surface area contributed by atoms with Crippen LogP contribution < -0.4 is 15.0 Å². The zero-order valence-electron chi connectivity index (χ0n) is 15.7. The normalized spacial score (nSPS) is 15.4. The summed E-state index contributed by atoms with van der Waals surface area (Å²) in [5.74, 6) is 0.0760. The monoisotopic (exact) mass is 383 g/mol. The highest BCUT2D eigenvalue weighted by atomic mass is 16.5. The molecular formula is C20H21N3O5. The maximum absolute atomic E-state index is 12.4. The molecule has 8 heteroatoms. The SMILES string of the molecule is COC(=O)Cc1cccc(NC(=O)CCN2C(=O)C(C)Oc3ccccc32)n1. The van der Waals surface area contributed by atoms with Gasteiger partial charge in [-0.05, 0) is 31.2 Å². The Labute approximate surface area is 162 Å². The van der Waals surface area contributed by atoms with Gasteiger partial charge in [0.15, 0.2) is 6.10 Å². The van der Waals surface area contributed by atoms with E-state index in [4.69, 9.17) is 4.74 Å². The molecule has 1 N–H and O–H groups in total. The molecule has 1 aliphatic rings. The second-order valence-corrected chi connectivity index (χ2v) is 6.28. The second kappa shape index (κ2) is 8.51. The minimum Gasteiger partial charge on any atom is -0.479 e. The molecule has 0 aliphatic carbocycles. The largest absolute Gasteiger partial charge is 0.479 e. The molecule has 8 nitrogen and oxygen atoms in total. The van der Waals surface area contributed by atoms with Crippen LogP contribution in [0.4, 0.5) is 11.5 Å². The number of hydrogen-bond donors (Lipinski definition) is 1. The number of methoxy groups -OCH3 is 1. The highest BCUT2D eigenvalue weighted by Gasteiger charge is 2.31. The average Bonchev–Trinajstić information content (AvgIpc) is 2.68. The number of carbonyl (C=O) groups excluding carboxylic acids is 3. The van der Waals surface area contributed by atoms with Gasteiger partial charge in [0.1, 0.15) is 11.6 Å². The number of benzene rings is 1. The number of para-hydroxylation sites is 2. The third-order valence-electron chi connectivity index (χ3n) is 4.26. The summed E-state index contributed by atoms with van der Waals surface area (Å²) in [5, 5.41) is 2.69. The number of aromatic nitrogens is 1. The number of pyridine rings is 1. The number of fused-ring (bicyclic) bond motifs is 1.